The van der Waals surface area contributed by atoms with E-state index in [4.69, 9.17) is 10.2 Å². The molecule has 13 heavy (non-hydrogen) atoms. The van der Waals surface area contributed by atoms with E-state index in [2.05, 4.69) is 10.2 Å². The second-order valence-corrected chi connectivity index (χ2v) is 3.71. The fourth-order valence-corrected chi connectivity index (χ4v) is 1.70. The van der Waals surface area contributed by atoms with E-state index >= 15 is 0 Å². The largest absolute Gasteiger partial charge is 0.469 e. The fraction of sp³-hybridized carbons (Fsp3) is 0.250. The van der Waals surface area contributed by atoms with Gasteiger partial charge in [-0.05, 0) is 13.0 Å². The first-order chi connectivity index (χ1) is 6.29. The number of furan rings is 1. The van der Waals surface area contributed by atoms with Crippen LogP contribution in [0.15, 0.2) is 16.7 Å². The normalized spacial score (nSPS) is 10.6. The van der Waals surface area contributed by atoms with Crippen LogP contribution >= 0.6 is 11.3 Å². The van der Waals surface area contributed by atoms with Gasteiger partial charge in [0, 0.05) is 6.54 Å². The third kappa shape index (κ3) is 1.61. The number of nitrogens with two attached hydrogens (primary N) is 1. The maximum Gasteiger partial charge on any atom is 0.151 e. The monoisotopic (exact) mass is 195 g/mol. The highest BCUT2D eigenvalue weighted by Gasteiger charge is 2.07. The summed E-state index contributed by atoms with van der Waals surface area (Å²) in [7, 11) is 0. The summed E-state index contributed by atoms with van der Waals surface area (Å²) in [5.41, 5.74) is 6.40. The first kappa shape index (κ1) is 8.40. The van der Waals surface area contributed by atoms with Crippen molar-refractivity contribution in [3.8, 4) is 10.6 Å². The van der Waals surface area contributed by atoms with Crippen molar-refractivity contribution in [1.82, 2.24) is 10.2 Å². The lowest BCUT2D eigenvalue weighted by Gasteiger charge is -1.82. The first-order valence-corrected chi connectivity index (χ1v) is 4.69. The molecule has 0 unspecified atom stereocenters. The van der Waals surface area contributed by atoms with Gasteiger partial charge in [-0.3, -0.25) is 0 Å². The molecule has 0 fully saturated rings. The summed E-state index contributed by atoms with van der Waals surface area (Å²) in [6, 6.07) is 1.93. The summed E-state index contributed by atoms with van der Waals surface area (Å²) in [5, 5.41) is 9.62. The van der Waals surface area contributed by atoms with Gasteiger partial charge in [0.05, 0.1) is 5.56 Å². The van der Waals surface area contributed by atoms with Gasteiger partial charge < -0.3 is 10.2 Å². The van der Waals surface area contributed by atoms with E-state index in [0.29, 0.717) is 6.54 Å². The summed E-state index contributed by atoms with van der Waals surface area (Å²) >= 11 is 1.49. The Bertz CT molecular complexity index is 407. The van der Waals surface area contributed by atoms with Crippen molar-refractivity contribution in [2.24, 2.45) is 5.73 Å². The average molecular weight is 195 g/mol. The van der Waals surface area contributed by atoms with Crippen LogP contribution in [0.25, 0.3) is 10.6 Å². The van der Waals surface area contributed by atoms with Gasteiger partial charge in [0.2, 0.25) is 0 Å². The van der Waals surface area contributed by atoms with Crippen LogP contribution in [-0.4, -0.2) is 10.2 Å². The number of hydrogen-bond acceptors (Lipinski definition) is 5. The predicted molar refractivity (Wildman–Crippen MR) is 50.2 cm³/mol. The standard InChI is InChI=1S/C8H9N3OS/c1-5-2-6(4-12-5)8-11-10-7(3-9)13-8/h2,4H,3,9H2,1H3. The zero-order valence-electron chi connectivity index (χ0n) is 7.15. The molecule has 0 bridgehead atoms. The zero-order chi connectivity index (χ0) is 9.26. The molecule has 5 heteroatoms. The van der Waals surface area contributed by atoms with E-state index in [9.17, 15) is 0 Å². The second-order valence-electron chi connectivity index (χ2n) is 2.65. The van der Waals surface area contributed by atoms with E-state index < -0.39 is 0 Å². The molecule has 2 rings (SSSR count). The lowest BCUT2D eigenvalue weighted by atomic mass is 10.3. The predicted octanol–water partition coefficient (Wildman–Crippen LogP) is 1.57. The van der Waals surface area contributed by atoms with Crippen LogP contribution in [0, 0.1) is 6.92 Å². The van der Waals surface area contributed by atoms with E-state index in [1.54, 1.807) is 6.26 Å². The Morgan fingerprint density at radius 3 is 2.92 bits per heavy atom. The number of aryl methyl sites for hydroxylation is 1. The molecule has 2 heterocycles. The Morgan fingerprint density at radius 1 is 1.54 bits per heavy atom. The Morgan fingerprint density at radius 2 is 2.38 bits per heavy atom. The molecule has 4 nitrogen and oxygen atoms in total. The highest BCUT2D eigenvalue weighted by molar-refractivity contribution is 7.14. The topological polar surface area (TPSA) is 64.9 Å². The van der Waals surface area contributed by atoms with Gasteiger partial charge in [0.25, 0.3) is 0 Å². The summed E-state index contributed by atoms with van der Waals surface area (Å²) in [6.45, 7) is 2.34. The molecule has 0 saturated carbocycles. The molecule has 2 N–H and O–H groups in total. The SMILES string of the molecule is Cc1cc(-c2nnc(CN)s2)co1. The van der Waals surface area contributed by atoms with Crippen LogP contribution in [-0.2, 0) is 6.54 Å². The Hall–Kier alpha value is -1.20. The molecule has 0 aliphatic carbocycles. The molecule has 0 radical (unpaired) electrons. The van der Waals surface area contributed by atoms with Crippen molar-refractivity contribution in [2.45, 2.75) is 13.5 Å². The van der Waals surface area contributed by atoms with Crippen LogP contribution in [0.3, 0.4) is 0 Å². The number of rotatable bonds is 2. The van der Waals surface area contributed by atoms with Gasteiger partial charge in [-0.15, -0.1) is 10.2 Å². The lowest BCUT2D eigenvalue weighted by molar-refractivity contribution is 0.535. The van der Waals surface area contributed by atoms with Gasteiger partial charge in [-0.1, -0.05) is 11.3 Å². The molecular weight excluding hydrogens is 186 g/mol. The van der Waals surface area contributed by atoms with Gasteiger partial charge >= 0.3 is 0 Å². The smallest absolute Gasteiger partial charge is 0.151 e. The van der Waals surface area contributed by atoms with Crippen molar-refractivity contribution in [2.75, 3.05) is 0 Å². The maximum absolute atomic E-state index is 5.43. The molecule has 0 atom stereocenters. The molecule has 0 aliphatic rings. The van der Waals surface area contributed by atoms with Crippen LogP contribution in [0.2, 0.25) is 0 Å². The Kier molecular flexibility index (Phi) is 2.12. The van der Waals surface area contributed by atoms with Crippen molar-refractivity contribution >= 4 is 11.3 Å². The minimum absolute atomic E-state index is 0.439. The van der Waals surface area contributed by atoms with Crippen LogP contribution in [0.4, 0.5) is 0 Å². The second kappa shape index (κ2) is 3.27. The summed E-state index contributed by atoms with van der Waals surface area (Å²) in [5.74, 6) is 0.875. The molecule has 0 amide bonds. The zero-order valence-corrected chi connectivity index (χ0v) is 7.97. The van der Waals surface area contributed by atoms with Crippen LogP contribution < -0.4 is 5.73 Å². The summed E-state index contributed by atoms with van der Waals surface area (Å²) in [4.78, 5) is 0. The quantitative estimate of drug-likeness (QED) is 0.789. The van der Waals surface area contributed by atoms with Gasteiger partial charge in [0.15, 0.2) is 5.01 Å². The first-order valence-electron chi connectivity index (χ1n) is 3.87. The number of aromatic nitrogens is 2. The van der Waals surface area contributed by atoms with E-state index in [-0.39, 0.29) is 0 Å². The summed E-state index contributed by atoms with van der Waals surface area (Å²) in [6.07, 6.45) is 1.68. The third-order valence-corrected chi connectivity index (χ3v) is 2.61. The van der Waals surface area contributed by atoms with E-state index in [1.807, 2.05) is 13.0 Å². The van der Waals surface area contributed by atoms with Crippen LogP contribution in [0.5, 0.6) is 0 Å². The number of nitrogens with zero attached hydrogens (tertiary/aromatic N) is 2. The van der Waals surface area contributed by atoms with Gasteiger partial charge in [-0.25, -0.2) is 0 Å². The van der Waals surface area contributed by atoms with Crippen molar-refractivity contribution in [3.63, 3.8) is 0 Å². The maximum atomic E-state index is 5.43. The van der Waals surface area contributed by atoms with Crippen LogP contribution in [0.1, 0.15) is 10.8 Å². The molecular formula is C8H9N3OS. The van der Waals surface area contributed by atoms with Crippen molar-refractivity contribution in [1.29, 1.82) is 0 Å². The average Bonchev–Trinajstić information content (AvgIpc) is 2.71. The molecule has 0 saturated heterocycles. The lowest BCUT2D eigenvalue weighted by Crippen LogP contribution is -1.94. The van der Waals surface area contributed by atoms with E-state index in [1.165, 1.54) is 11.3 Å². The molecule has 68 valence electrons. The Balaban J connectivity index is 2.35. The van der Waals surface area contributed by atoms with E-state index in [0.717, 1.165) is 21.3 Å². The highest BCUT2D eigenvalue weighted by Crippen LogP contribution is 2.24. The number of hydrogen-bond donors (Lipinski definition) is 1. The molecule has 0 aliphatic heterocycles. The van der Waals surface area contributed by atoms with Gasteiger partial charge in [-0.2, -0.15) is 0 Å². The highest BCUT2D eigenvalue weighted by atomic mass is 32.1. The molecule has 0 spiro atoms. The Labute approximate surface area is 79.4 Å². The molecule has 0 aromatic carbocycles. The third-order valence-electron chi connectivity index (χ3n) is 1.62. The molecule has 2 aromatic heterocycles. The minimum atomic E-state index is 0.439. The van der Waals surface area contributed by atoms with Crippen molar-refractivity contribution in [3.05, 3.63) is 23.1 Å². The molecule has 2 aromatic rings. The fourth-order valence-electron chi connectivity index (χ4n) is 1.01. The van der Waals surface area contributed by atoms with Gasteiger partial charge in [0.1, 0.15) is 17.0 Å². The summed E-state index contributed by atoms with van der Waals surface area (Å²) < 4.78 is 5.17. The minimum Gasteiger partial charge on any atom is -0.469 e. The van der Waals surface area contributed by atoms with Crippen molar-refractivity contribution < 1.29 is 4.42 Å².